The first kappa shape index (κ1) is 13.6. The number of carboxylic acid groups (broad SMARTS) is 1. The van der Waals surface area contributed by atoms with Crippen LogP contribution in [-0.2, 0) is 9.59 Å². The van der Waals surface area contributed by atoms with Gasteiger partial charge in [-0.3, -0.25) is 9.59 Å². The second-order valence-electron chi connectivity index (χ2n) is 2.41. The van der Waals surface area contributed by atoms with E-state index in [1.165, 1.54) is 10.8 Å². The van der Waals surface area contributed by atoms with Crippen LogP contribution in [0, 0.1) is 0 Å². The number of carbonyl (C=O) groups is 2. The summed E-state index contributed by atoms with van der Waals surface area (Å²) in [6, 6.07) is -0.640. The van der Waals surface area contributed by atoms with Gasteiger partial charge in [-0.15, -0.1) is 0 Å². The Hall–Kier alpha value is -0.400. The second kappa shape index (κ2) is 7.95. The van der Waals surface area contributed by atoms with Crippen LogP contribution in [-0.4, -0.2) is 41.1 Å². The molecule has 0 aromatic heterocycles. The Kier molecular flexibility index (Phi) is 7.73. The Morgan fingerprint density at radius 3 is 2.64 bits per heavy atom. The molecule has 1 amide bonds. The number of aliphatic carboxylic acids is 1. The number of hydrogen-bond acceptors (Lipinski definition) is 5. The predicted octanol–water partition coefficient (Wildman–Crippen LogP) is -0.0842. The summed E-state index contributed by atoms with van der Waals surface area (Å²) in [5, 5.41) is 10.5. The van der Waals surface area contributed by atoms with Gasteiger partial charge in [0.05, 0.1) is 6.04 Å². The number of rotatable bonds is 7. The van der Waals surface area contributed by atoms with Crippen molar-refractivity contribution in [1.82, 2.24) is 5.32 Å². The van der Waals surface area contributed by atoms with Crippen molar-refractivity contribution in [3.63, 3.8) is 0 Å². The van der Waals surface area contributed by atoms with Crippen LogP contribution in [0.5, 0.6) is 0 Å². The lowest BCUT2D eigenvalue weighted by atomic mass is 10.3. The molecule has 0 heterocycles. The predicted molar refractivity (Wildman–Crippen MR) is 59.2 cm³/mol. The van der Waals surface area contributed by atoms with Gasteiger partial charge < -0.3 is 16.2 Å². The van der Waals surface area contributed by atoms with E-state index in [2.05, 4.69) is 5.32 Å². The maximum absolute atomic E-state index is 11.1. The van der Waals surface area contributed by atoms with E-state index < -0.39 is 17.9 Å². The summed E-state index contributed by atoms with van der Waals surface area (Å²) < 4.78 is 0. The van der Waals surface area contributed by atoms with Gasteiger partial charge in [0.25, 0.3) is 0 Å². The van der Waals surface area contributed by atoms with Crippen molar-refractivity contribution in [3.8, 4) is 0 Å². The average Bonchev–Trinajstić information content (AvgIpc) is 2.14. The smallest absolute Gasteiger partial charge is 0.322 e. The van der Waals surface area contributed by atoms with Gasteiger partial charge in [0.2, 0.25) is 5.91 Å². The molecular formula is C7H14N2O3S2. The van der Waals surface area contributed by atoms with Gasteiger partial charge in [0.1, 0.15) is 6.54 Å². The molecule has 0 bridgehead atoms. The molecule has 0 radical (unpaired) electrons. The SMILES string of the molecule is CCSSCC(N)C(=O)NCC(=O)O. The quantitative estimate of drug-likeness (QED) is 0.424. The topological polar surface area (TPSA) is 92.4 Å². The largest absolute Gasteiger partial charge is 0.480 e. The van der Waals surface area contributed by atoms with Gasteiger partial charge in [-0.1, -0.05) is 28.5 Å². The molecule has 7 heteroatoms. The number of carbonyl (C=O) groups excluding carboxylic acids is 1. The molecule has 14 heavy (non-hydrogen) atoms. The summed E-state index contributed by atoms with van der Waals surface area (Å²) in [6.45, 7) is 1.63. The van der Waals surface area contributed by atoms with Gasteiger partial charge in [-0.2, -0.15) is 0 Å². The van der Waals surface area contributed by atoms with Crippen LogP contribution in [0.1, 0.15) is 6.92 Å². The average molecular weight is 238 g/mol. The van der Waals surface area contributed by atoms with Crippen molar-refractivity contribution in [2.24, 2.45) is 5.73 Å². The number of nitrogens with one attached hydrogen (secondary N) is 1. The third-order valence-corrected chi connectivity index (χ3v) is 3.71. The second-order valence-corrected chi connectivity index (χ2v) is 5.21. The van der Waals surface area contributed by atoms with Crippen molar-refractivity contribution >= 4 is 33.5 Å². The Bertz CT molecular complexity index is 201. The highest BCUT2D eigenvalue weighted by molar-refractivity contribution is 8.76. The molecular weight excluding hydrogens is 224 g/mol. The van der Waals surface area contributed by atoms with Gasteiger partial charge in [-0.05, 0) is 0 Å². The molecule has 0 saturated heterocycles. The standard InChI is InChI=1S/C7H14N2O3S2/c1-2-13-14-4-5(8)7(12)9-3-6(10)11/h5H,2-4,8H2,1H3,(H,9,12)(H,10,11). The normalized spacial score (nSPS) is 12.1. The molecule has 5 nitrogen and oxygen atoms in total. The first-order valence-electron chi connectivity index (χ1n) is 4.07. The van der Waals surface area contributed by atoms with Gasteiger partial charge in [-0.25, -0.2) is 0 Å². The van der Waals surface area contributed by atoms with Crippen molar-refractivity contribution in [2.75, 3.05) is 18.1 Å². The van der Waals surface area contributed by atoms with Crippen molar-refractivity contribution < 1.29 is 14.7 Å². The molecule has 0 aliphatic carbocycles. The maximum Gasteiger partial charge on any atom is 0.322 e. The van der Waals surface area contributed by atoms with Crippen LogP contribution in [0.15, 0.2) is 0 Å². The fraction of sp³-hybridized carbons (Fsp3) is 0.714. The van der Waals surface area contributed by atoms with Gasteiger partial charge >= 0.3 is 5.97 Å². The molecule has 1 unspecified atom stereocenters. The Balaban J connectivity index is 3.59. The molecule has 0 aliphatic heterocycles. The van der Waals surface area contributed by atoms with Crippen LogP contribution in [0.2, 0.25) is 0 Å². The molecule has 0 saturated carbocycles. The minimum Gasteiger partial charge on any atom is -0.480 e. The van der Waals surface area contributed by atoms with Crippen LogP contribution >= 0.6 is 21.6 Å². The Labute approximate surface area is 90.6 Å². The number of nitrogens with two attached hydrogens (primary N) is 1. The van der Waals surface area contributed by atoms with E-state index in [0.29, 0.717) is 5.75 Å². The molecule has 0 aliphatic rings. The van der Waals surface area contributed by atoms with Crippen LogP contribution < -0.4 is 11.1 Å². The maximum atomic E-state index is 11.1. The van der Waals surface area contributed by atoms with E-state index in [-0.39, 0.29) is 6.54 Å². The molecule has 0 aromatic rings. The zero-order valence-electron chi connectivity index (χ0n) is 7.86. The van der Waals surface area contributed by atoms with E-state index in [9.17, 15) is 9.59 Å². The molecule has 0 rings (SSSR count). The van der Waals surface area contributed by atoms with E-state index in [0.717, 1.165) is 5.75 Å². The lowest BCUT2D eigenvalue weighted by Crippen LogP contribution is -2.43. The van der Waals surface area contributed by atoms with E-state index >= 15 is 0 Å². The van der Waals surface area contributed by atoms with Gasteiger partial charge in [0, 0.05) is 11.5 Å². The highest BCUT2D eigenvalue weighted by Crippen LogP contribution is 2.20. The van der Waals surface area contributed by atoms with Crippen molar-refractivity contribution in [2.45, 2.75) is 13.0 Å². The summed E-state index contributed by atoms with van der Waals surface area (Å²) in [5.41, 5.74) is 5.51. The van der Waals surface area contributed by atoms with E-state index in [1.54, 1.807) is 10.8 Å². The molecule has 0 aromatic carbocycles. The summed E-state index contributed by atoms with van der Waals surface area (Å²) in [4.78, 5) is 21.2. The molecule has 0 fully saturated rings. The highest BCUT2D eigenvalue weighted by atomic mass is 33.1. The molecule has 4 N–H and O–H groups in total. The summed E-state index contributed by atoms with van der Waals surface area (Å²) in [7, 11) is 3.13. The third kappa shape index (κ3) is 7.05. The lowest BCUT2D eigenvalue weighted by Gasteiger charge is -2.09. The fourth-order valence-electron chi connectivity index (χ4n) is 0.574. The summed E-state index contributed by atoms with van der Waals surface area (Å²) in [6.07, 6.45) is 0. The van der Waals surface area contributed by atoms with E-state index in [1.807, 2.05) is 6.92 Å². The molecule has 82 valence electrons. The Morgan fingerprint density at radius 2 is 2.14 bits per heavy atom. The first-order chi connectivity index (χ1) is 6.57. The zero-order valence-corrected chi connectivity index (χ0v) is 9.49. The van der Waals surface area contributed by atoms with E-state index in [4.69, 9.17) is 10.8 Å². The van der Waals surface area contributed by atoms with Crippen LogP contribution in [0.4, 0.5) is 0 Å². The minimum absolute atomic E-state index is 0.377. The zero-order chi connectivity index (χ0) is 11.0. The Morgan fingerprint density at radius 1 is 1.50 bits per heavy atom. The highest BCUT2D eigenvalue weighted by Gasteiger charge is 2.13. The number of amides is 1. The summed E-state index contributed by atoms with van der Waals surface area (Å²) in [5.74, 6) is -0.0457. The number of hydrogen-bond donors (Lipinski definition) is 3. The molecule has 1 atom stereocenters. The minimum atomic E-state index is -1.07. The van der Waals surface area contributed by atoms with Crippen LogP contribution in [0.3, 0.4) is 0 Å². The van der Waals surface area contributed by atoms with Crippen LogP contribution in [0.25, 0.3) is 0 Å². The van der Waals surface area contributed by atoms with Gasteiger partial charge in [0.15, 0.2) is 0 Å². The third-order valence-electron chi connectivity index (χ3n) is 1.20. The summed E-state index contributed by atoms with van der Waals surface area (Å²) >= 11 is 0. The monoisotopic (exact) mass is 238 g/mol. The first-order valence-corrected chi connectivity index (χ1v) is 6.56. The lowest BCUT2D eigenvalue weighted by molar-refractivity contribution is -0.138. The van der Waals surface area contributed by atoms with Crippen molar-refractivity contribution in [3.05, 3.63) is 0 Å². The van der Waals surface area contributed by atoms with Crippen molar-refractivity contribution in [1.29, 1.82) is 0 Å². The number of carboxylic acids is 1. The fourth-order valence-corrected chi connectivity index (χ4v) is 2.36. The molecule has 0 spiro atoms.